The van der Waals surface area contributed by atoms with E-state index in [1.807, 2.05) is 6.92 Å². The van der Waals surface area contributed by atoms with Crippen LogP contribution in [0.1, 0.15) is 33.6 Å². The maximum Gasteiger partial charge on any atom is 0.217 e. The average molecular weight is 246 g/mol. The second kappa shape index (κ2) is 4.27. The van der Waals surface area contributed by atoms with Crippen molar-refractivity contribution in [1.82, 2.24) is 9.21 Å². The Morgan fingerprint density at radius 3 is 2.25 bits per heavy atom. The van der Waals surface area contributed by atoms with E-state index in [4.69, 9.17) is 0 Å². The highest BCUT2D eigenvalue weighted by atomic mass is 32.2. The van der Waals surface area contributed by atoms with Gasteiger partial charge in [0.05, 0.1) is 5.25 Å². The Bertz CT molecular complexity index is 349. The topological polar surface area (TPSA) is 40.6 Å². The summed E-state index contributed by atoms with van der Waals surface area (Å²) in [5, 5.41) is -0.0689. The third-order valence-electron chi connectivity index (χ3n) is 3.60. The average Bonchev–Trinajstić information content (AvgIpc) is 2.99. The Hall–Kier alpha value is -0.130. The minimum atomic E-state index is -2.98. The fourth-order valence-electron chi connectivity index (χ4n) is 2.37. The first-order valence-electron chi connectivity index (χ1n) is 6.17. The lowest BCUT2D eigenvalue weighted by molar-refractivity contribution is 0.116. The Labute approximate surface area is 98.7 Å². The molecule has 0 N–H and O–H groups in total. The minimum Gasteiger partial charge on any atom is -0.298 e. The smallest absolute Gasteiger partial charge is 0.217 e. The predicted octanol–water partition coefficient (Wildman–Crippen LogP) is 0.893. The Kier molecular flexibility index (Phi) is 3.29. The normalized spacial score (nSPS) is 29.9. The zero-order valence-corrected chi connectivity index (χ0v) is 11.2. The molecule has 0 aromatic heterocycles. The van der Waals surface area contributed by atoms with Crippen LogP contribution < -0.4 is 0 Å². The lowest BCUT2D eigenvalue weighted by Crippen LogP contribution is -2.56. The highest BCUT2D eigenvalue weighted by Gasteiger charge is 2.43. The van der Waals surface area contributed by atoms with Crippen LogP contribution in [0.2, 0.25) is 0 Å². The summed E-state index contributed by atoms with van der Waals surface area (Å²) in [6.07, 6.45) is 1.72. The van der Waals surface area contributed by atoms with Crippen molar-refractivity contribution in [3.05, 3.63) is 0 Å². The van der Waals surface area contributed by atoms with E-state index in [-0.39, 0.29) is 11.3 Å². The molecule has 0 spiro atoms. The van der Waals surface area contributed by atoms with Gasteiger partial charge in [-0.15, -0.1) is 0 Å². The molecule has 16 heavy (non-hydrogen) atoms. The summed E-state index contributed by atoms with van der Waals surface area (Å²) in [6, 6.07) is 0.634. The van der Waals surface area contributed by atoms with Crippen LogP contribution in [0, 0.1) is 0 Å². The highest BCUT2D eigenvalue weighted by molar-refractivity contribution is 7.90. The van der Waals surface area contributed by atoms with Gasteiger partial charge in [0.2, 0.25) is 10.0 Å². The van der Waals surface area contributed by atoms with Gasteiger partial charge >= 0.3 is 0 Å². The first-order chi connectivity index (χ1) is 7.43. The number of hydrogen-bond acceptors (Lipinski definition) is 3. The molecule has 1 aliphatic carbocycles. The number of rotatable bonds is 3. The van der Waals surface area contributed by atoms with Crippen molar-refractivity contribution < 1.29 is 8.42 Å². The fourth-order valence-corrected chi connectivity index (χ4v) is 4.39. The summed E-state index contributed by atoms with van der Waals surface area (Å²) in [5.41, 5.74) is 0. The molecule has 2 fully saturated rings. The molecule has 1 saturated carbocycles. The molecule has 1 unspecified atom stereocenters. The molecule has 1 saturated heterocycles. The van der Waals surface area contributed by atoms with E-state index in [0.717, 1.165) is 25.9 Å². The number of nitrogens with zero attached hydrogens (tertiary/aromatic N) is 2. The third kappa shape index (κ3) is 2.26. The molecule has 2 aliphatic rings. The van der Waals surface area contributed by atoms with Gasteiger partial charge in [-0.2, -0.15) is 4.31 Å². The van der Waals surface area contributed by atoms with Crippen LogP contribution in [0.3, 0.4) is 0 Å². The van der Waals surface area contributed by atoms with Crippen molar-refractivity contribution in [2.75, 3.05) is 19.6 Å². The van der Waals surface area contributed by atoms with Crippen LogP contribution in [-0.2, 0) is 10.0 Å². The molecule has 94 valence electrons. The van der Waals surface area contributed by atoms with Crippen LogP contribution >= 0.6 is 0 Å². The van der Waals surface area contributed by atoms with Crippen molar-refractivity contribution in [3.8, 4) is 0 Å². The van der Waals surface area contributed by atoms with Crippen molar-refractivity contribution >= 4 is 10.0 Å². The Morgan fingerprint density at radius 2 is 1.81 bits per heavy atom. The van der Waals surface area contributed by atoms with Gasteiger partial charge in [-0.3, -0.25) is 4.90 Å². The second-order valence-electron chi connectivity index (χ2n) is 5.29. The van der Waals surface area contributed by atoms with Crippen molar-refractivity contribution in [1.29, 1.82) is 0 Å². The molecule has 1 aliphatic heterocycles. The van der Waals surface area contributed by atoms with Crippen LogP contribution in [0.5, 0.6) is 0 Å². The van der Waals surface area contributed by atoms with Crippen molar-refractivity contribution in [2.45, 2.75) is 50.9 Å². The molecule has 4 nitrogen and oxygen atoms in total. The summed E-state index contributed by atoms with van der Waals surface area (Å²) in [4.78, 5) is 2.35. The summed E-state index contributed by atoms with van der Waals surface area (Å²) in [6.45, 7) is 8.75. The van der Waals surface area contributed by atoms with E-state index in [0.29, 0.717) is 12.6 Å². The first kappa shape index (κ1) is 12.3. The van der Waals surface area contributed by atoms with Crippen LogP contribution in [0.25, 0.3) is 0 Å². The van der Waals surface area contributed by atoms with Crippen LogP contribution in [0.4, 0.5) is 0 Å². The monoisotopic (exact) mass is 246 g/mol. The molecule has 0 aromatic rings. The van der Waals surface area contributed by atoms with E-state index in [1.54, 1.807) is 4.31 Å². The Morgan fingerprint density at radius 1 is 1.19 bits per heavy atom. The van der Waals surface area contributed by atoms with Gasteiger partial charge in [-0.1, -0.05) is 0 Å². The van der Waals surface area contributed by atoms with Crippen molar-refractivity contribution in [2.24, 2.45) is 0 Å². The van der Waals surface area contributed by atoms with E-state index in [1.165, 1.54) is 0 Å². The highest BCUT2D eigenvalue weighted by Crippen LogP contribution is 2.32. The molecular formula is C11H22N2O2S. The number of hydrogen-bond donors (Lipinski definition) is 0. The third-order valence-corrected chi connectivity index (χ3v) is 6.11. The lowest BCUT2D eigenvalue weighted by atomic mass is 10.2. The zero-order valence-electron chi connectivity index (χ0n) is 10.4. The standard InChI is InChI=1S/C11H22N2O2S/c1-9(2)12-6-7-13(10(3)8-12)16(14,15)11-4-5-11/h9-11H,4-8H2,1-3H3. The van der Waals surface area contributed by atoms with Gasteiger partial charge in [0.25, 0.3) is 0 Å². The number of sulfonamides is 1. The lowest BCUT2D eigenvalue weighted by Gasteiger charge is -2.40. The quantitative estimate of drug-likeness (QED) is 0.742. The Balaban J connectivity index is 2.04. The van der Waals surface area contributed by atoms with Gasteiger partial charge in [-0.25, -0.2) is 8.42 Å². The minimum absolute atomic E-state index is 0.0689. The molecular weight excluding hydrogens is 224 g/mol. The summed E-state index contributed by atoms with van der Waals surface area (Å²) >= 11 is 0. The van der Waals surface area contributed by atoms with E-state index in [9.17, 15) is 8.42 Å². The van der Waals surface area contributed by atoms with Crippen LogP contribution in [-0.4, -0.2) is 54.6 Å². The SMILES string of the molecule is CC(C)N1CCN(S(=O)(=O)C2CC2)C(C)C1. The molecule has 2 rings (SSSR count). The van der Waals surface area contributed by atoms with E-state index < -0.39 is 10.0 Å². The molecule has 5 heteroatoms. The van der Waals surface area contributed by atoms with Crippen LogP contribution in [0.15, 0.2) is 0 Å². The molecule has 0 aromatic carbocycles. The largest absolute Gasteiger partial charge is 0.298 e. The summed E-state index contributed by atoms with van der Waals surface area (Å²) in [7, 11) is -2.98. The maximum absolute atomic E-state index is 12.1. The molecule has 0 bridgehead atoms. The van der Waals surface area contributed by atoms with Gasteiger partial charge < -0.3 is 0 Å². The maximum atomic E-state index is 12.1. The fraction of sp³-hybridized carbons (Fsp3) is 1.00. The van der Waals surface area contributed by atoms with E-state index in [2.05, 4.69) is 18.7 Å². The summed E-state index contributed by atoms with van der Waals surface area (Å²) in [5.74, 6) is 0. The van der Waals surface area contributed by atoms with Gasteiger partial charge in [0, 0.05) is 31.7 Å². The predicted molar refractivity (Wildman–Crippen MR) is 64.8 cm³/mol. The molecule has 1 heterocycles. The summed E-state index contributed by atoms with van der Waals surface area (Å²) < 4.78 is 26.0. The molecule has 1 atom stereocenters. The van der Waals surface area contributed by atoms with Gasteiger partial charge in [-0.05, 0) is 33.6 Å². The second-order valence-corrected chi connectivity index (χ2v) is 7.46. The number of piperazine rings is 1. The zero-order chi connectivity index (χ0) is 11.9. The van der Waals surface area contributed by atoms with Gasteiger partial charge in [0.15, 0.2) is 0 Å². The van der Waals surface area contributed by atoms with Gasteiger partial charge in [0.1, 0.15) is 0 Å². The van der Waals surface area contributed by atoms with Crippen molar-refractivity contribution in [3.63, 3.8) is 0 Å². The van der Waals surface area contributed by atoms with E-state index >= 15 is 0 Å². The molecule has 0 amide bonds. The molecule has 0 radical (unpaired) electrons. The first-order valence-corrected chi connectivity index (χ1v) is 7.68.